The van der Waals surface area contributed by atoms with Crippen LogP contribution in [-0.4, -0.2) is 16.9 Å². The second-order valence-corrected chi connectivity index (χ2v) is 5.74. The van der Waals surface area contributed by atoms with Crippen molar-refractivity contribution >= 4 is 5.91 Å². The average molecular weight is 292 g/mol. The Morgan fingerprint density at radius 3 is 2.62 bits per heavy atom. The van der Waals surface area contributed by atoms with Crippen molar-refractivity contribution in [1.82, 2.24) is 10.3 Å². The lowest BCUT2D eigenvalue weighted by atomic mass is 10.1. The summed E-state index contributed by atoms with van der Waals surface area (Å²) in [6.45, 7) is 8.05. The van der Waals surface area contributed by atoms with Crippen LogP contribution in [0.1, 0.15) is 74.5 Å². The molecule has 2 N–H and O–H groups in total. The Hall–Kier alpha value is -1.58. The van der Waals surface area contributed by atoms with E-state index in [-0.39, 0.29) is 23.1 Å². The van der Waals surface area contributed by atoms with Gasteiger partial charge in [-0.25, -0.2) is 0 Å². The molecule has 0 radical (unpaired) electrons. The molecule has 1 heterocycles. The van der Waals surface area contributed by atoms with E-state index in [2.05, 4.69) is 17.2 Å². The minimum absolute atomic E-state index is 0.0973. The fourth-order valence-electron chi connectivity index (χ4n) is 2.45. The molecule has 1 atom stereocenters. The molecule has 118 valence electrons. The third kappa shape index (κ3) is 5.37. The normalized spacial score (nSPS) is 12.2. The molecular weight excluding hydrogens is 264 g/mol. The summed E-state index contributed by atoms with van der Waals surface area (Å²) in [4.78, 5) is 26.9. The van der Waals surface area contributed by atoms with Gasteiger partial charge in [0.05, 0.1) is 0 Å². The molecule has 4 nitrogen and oxygen atoms in total. The van der Waals surface area contributed by atoms with Crippen molar-refractivity contribution < 1.29 is 4.79 Å². The molecular formula is C17H28N2O2. The lowest BCUT2D eigenvalue weighted by Crippen LogP contribution is -2.36. The molecule has 0 aliphatic heterocycles. The van der Waals surface area contributed by atoms with Gasteiger partial charge in [0.2, 0.25) is 0 Å². The minimum Gasteiger partial charge on any atom is -0.349 e. The first kappa shape index (κ1) is 17.5. The predicted molar refractivity (Wildman–Crippen MR) is 86.9 cm³/mol. The van der Waals surface area contributed by atoms with E-state index in [1.165, 1.54) is 19.3 Å². The number of unbranched alkanes of at least 4 members (excludes halogenated alkanes) is 3. The lowest BCUT2D eigenvalue weighted by Gasteiger charge is -2.14. The molecule has 0 saturated heterocycles. The van der Waals surface area contributed by atoms with Crippen molar-refractivity contribution in [3.63, 3.8) is 0 Å². The van der Waals surface area contributed by atoms with Gasteiger partial charge in [0.15, 0.2) is 0 Å². The molecule has 21 heavy (non-hydrogen) atoms. The van der Waals surface area contributed by atoms with Crippen molar-refractivity contribution in [3.05, 3.63) is 33.2 Å². The molecule has 1 aromatic heterocycles. The summed E-state index contributed by atoms with van der Waals surface area (Å²) in [5.41, 5.74) is 1.76. The molecule has 0 spiro atoms. The van der Waals surface area contributed by atoms with Crippen LogP contribution in [0.15, 0.2) is 10.9 Å². The summed E-state index contributed by atoms with van der Waals surface area (Å²) in [6.07, 6.45) is 6.50. The molecule has 1 aromatic rings. The molecule has 0 aromatic carbocycles. The maximum atomic E-state index is 12.2. The van der Waals surface area contributed by atoms with E-state index in [1.807, 2.05) is 20.8 Å². The van der Waals surface area contributed by atoms with E-state index >= 15 is 0 Å². The van der Waals surface area contributed by atoms with Gasteiger partial charge < -0.3 is 10.3 Å². The Labute approximate surface area is 127 Å². The highest BCUT2D eigenvalue weighted by atomic mass is 16.2. The first-order valence-electron chi connectivity index (χ1n) is 8.03. The van der Waals surface area contributed by atoms with E-state index < -0.39 is 0 Å². The van der Waals surface area contributed by atoms with Gasteiger partial charge >= 0.3 is 0 Å². The molecule has 4 heteroatoms. The van der Waals surface area contributed by atoms with Crippen LogP contribution < -0.4 is 10.9 Å². The van der Waals surface area contributed by atoms with Crippen LogP contribution in [0.3, 0.4) is 0 Å². The number of aromatic nitrogens is 1. The topological polar surface area (TPSA) is 62.0 Å². The van der Waals surface area contributed by atoms with Gasteiger partial charge in [-0.3, -0.25) is 9.59 Å². The van der Waals surface area contributed by atoms with Crippen LogP contribution in [0.25, 0.3) is 0 Å². The Morgan fingerprint density at radius 2 is 2.00 bits per heavy atom. The molecule has 0 saturated carbocycles. The van der Waals surface area contributed by atoms with Crippen LogP contribution in [0.5, 0.6) is 0 Å². The summed E-state index contributed by atoms with van der Waals surface area (Å²) in [5, 5.41) is 2.93. The van der Waals surface area contributed by atoms with Crippen LogP contribution in [-0.2, 0) is 6.42 Å². The molecule has 0 fully saturated rings. The Balaban J connectivity index is 2.65. The van der Waals surface area contributed by atoms with Gasteiger partial charge in [-0.1, -0.05) is 39.5 Å². The van der Waals surface area contributed by atoms with Gasteiger partial charge in [-0.2, -0.15) is 0 Å². The number of hydrogen-bond donors (Lipinski definition) is 2. The van der Waals surface area contributed by atoms with Crippen LogP contribution in [0.2, 0.25) is 0 Å². The number of H-pyrrole nitrogens is 1. The lowest BCUT2D eigenvalue weighted by molar-refractivity contribution is 0.0936. The number of rotatable bonds is 8. The van der Waals surface area contributed by atoms with E-state index in [4.69, 9.17) is 0 Å². The average Bonchev–Trinajstić information content (AvgIpc) is 2.43. The summed E-state index contributed by atoms with van der Waals surface area (Å²) in [5.74, 6) is -0.269. The summed E-state index contributed by atoms with van der Waals surface area (Å²) in [6, 6.07) is 1.81. The van der Waals surface area contributed by atoms with Gasteiger partial charge in [-0.15, -0.1) is 0 Å². The van der Waals surface area contributed by atoms with Crippen molar-refractivity contribution in [2.75, 3.05) is 0 Å². The summed E-state index contributed by atoms with van der Waals surface area (Å²) >= 11 is 0. The fourth-order valence-corrected chi connectivity index (χ4v) is 2.45. The Morgan fingerprint density at radius 1 is 1.29 bits per heavy atom. The SMILES string of the molecule is CCCCCC[C@@H](C)NC(=O)c1cc(CC)c(C)[nH]c1=O. The zero-order valence-corrected chi connectivity index (χ0v) is 13.7. The van der Waals surface area contributed by atoms with Gasteiger partial charge in [0.25, 0.3) is 11.5 Å². The van der Waals surface area contributed by atoms with Crippen molar-refractivity contribution in [3.8, 4) is 0 Å². The number of carbonyl (C=O) groups is 1. The smallest absolute Gasteiger partial charge is 0.261 e. The van der Waals surface area contributed by atoms with E-state index in [0.717, 1.165) is 30.5 Å². The number of pyridine rings is 1. The van der Waals surface area contributed by atoms with Crippen LogP contribution in [0.4, 0.5) is 0 Å². The third-order valence-electron chi connectivity index (χ3n) is 3.84. The largest absolute Gasteiger partial charge is 0.349 e. The first-order chi connectivity index (χ1) is 9.99. The predicted octanol–water partition coefficient (Wildman–Crippen LogP) is 3.33. The number of aromatic amines is 1. The molecule has 0 aliphatic rings. The fraction of sp³-hybridized carbons (Fsp3) is 0.647. The van der Waals surface area contributed by atoms with Gasteiger partial charge in [0, 0.05) is 11.7 Å². The quantitative estimate of drug-likeness (QED) is 0.722. The first-order valence-corrected chi connectivity index (χ1v) is 8.03. The highest BCUT2D eigenvalue weighted by molar-refractivity contribution is 5.94. The zero-order valence-electron chi connectivity index (χ0n) is 13.7. The third-order valence-corrected chi connectivity index (χ3v) is 3.84. The van der Waals surface area contributed by atoms with Crippen molar-refractivity contribution in [1.29, 1.82) is 0 Å². The minimum atomic E-state index is -0.305. The number of amides is 1. The van der Waals surface area contributed by atoms with Crippen LogP contribution >= 0.6 is 0 Å². The van der Waals surface area contributed by atoms with E-state index in [9.17, 15) is 9.59 Å². The van der Waals surface area contributed by atoms with Crippen molar-refractivity contribution in [2.45, 2.75) is 72.3 Å². The standard InChI is InChI=1S/C17H28N2O2/c1-5-7-8-9-10-12(3)18-16(20)15-11-14(6-2)13(4)19-17(15)21/h11-12H,5-10H2,1-4H3,(H,18,20)(H,19,21)/t12-/m1/s1. The highest BCUT2D eigenvalue weighted by Crippen LogP contribution is 2.08. The maximum absolute atomic E-state index is 12.2. The molecule has 0 bridgehead atoms. The molecule has 0 aliphatic carbocycles. The maximum Gasteiger partial charge on any atom is 0.261 e. The number of aryl methyl sites for hydroxylation is 2. The molecule has 1 amide bonds. The Kier molecular flexibility index (Phi) is 7.20. The van der Waals surface area contributed by atoms with Gasteiger partial charge in [-0.05, 0) is 38.3 Å². The second-order valence-electron chi connectivity index (χ2n) is 5.74. The monoisotopic (exact) mass is 292 g/mol. The van der Waals surface area contributed by atoms with Gasteiger partial charge in [0.1, 0.15) is 5.56 Å². The highest BCUT2D eigenvalue weighted by Gasteiger charge is 2.14. The number of nitrogens with one attached hydrogen (secondary N) is 2. The van der Waals surface area contributed by atoms with Crippen molar-refractivity contribution in [2.24, 2.45) is 0 Å². The van der Waals surface area contributed by atoms with E-state index in [1.54, 1.807) is 6.07 Å². The summed E-state index contributed by atoms with van der Waals surface area (Å²) in [7, 11) is 0. The van der Waals surface area contributed by atoms with E-state index in [0.29, 0.717) is 0 Å². The second kappa shape index (κ2) is 8.65. The molecule has 0 unspecified atom stereocenters. The zero-order chi connectivity index (χ0) is 15.8. The number of carbonyl (C=O) groups excluding carboxylic acids is 1. The number of hydrogen-bond acceptors (Lipinski definition) is 2. The molecule has 1 rings (SSSR count). The van der Waals surface area contributed by atoms with Crippen LogP contribution in [0, 0.1) is 6.92 Å². The Bertz CT molecular complexity index is 520. The summed E-state index contributed by atoms with van der Waals surface area (Å²) < 4.78 is 0.